The molecule has 0 saturated heterocycles. The molecule has 0 heterocycles. The lowest BCUT2D eigenvalue weighted by molar-refractivity contribution is 0.0989. The molecule has 0 aromatic heterocycles. The van der Waals surface area contributed by atoms with Gasteiger partial charge >= 0.3 is 0 Å². The number of methoxy groups -OCH3 is 2. The van der Waals surface area contributed by atoms with Gasteiger partial charge in [0.2, 0.25) is 0 Å². The van der Waals surface area contributed by atoms with Crippen LogP contribution >= 0.6 is 0 Å². The van der Waals surface area contributed by atoms with Crippen molar-refractivity contribution < 1.29 is 24.3 Å². The molecule has 1 aromatic carbocycles. The lowest BCUT2D eigenvalue weighted by Gasteiger charge is -2.20. The van der Waals surface area contributed by atoms with E-state index in [-0.39, 0.29) is 34.2 Å². The van der Waals surface area contributed by atoms with Crippen molar-refractivity contribution in [1.82, 2.24) is 0 Å². The maximum atomic E-state index is 12.3. The summed E-state index contributed by atoms with van der Waals surface area (Å²) in [6.45, 7) is 3.85. The Morgan fingerprint density at radius 1 is 1.12 bits per heavy atom. The molecule has 0 aliphatic heterocycles. The number of hydrogen-bond acceptors (Lipinski definition) is 6. The number of ketones is 2. The van der Waals surface area contributed by atoms with Crippen LogP contribution in [-0.4, -0.2) is 36.7 Å². The average molecular weight is 329 g/mol. The first kappa shape index (κ1) is 17.5. The molecule has 0 saturated carbocycles. The van der Waals surface area contributed by atoms with Crippen LogP contribution < -0.4 is 9.47 Å². The Balaban J connectivity index is 2.75. The summed E-state index contributed by atoms with van der Waals surface area (Å²) >= 11 is 0. The van der Waals surface area contributed by atoms with E-state index < -0.39 is 0 Å². The third kappa shape index (κ3) is 3.08. The largest absolute Gasteiger partial charge is 0.496 e. The maximum absolute atomic E-state index is 12.3. The minimum absolute atomic E-state index is 0.123. The second kappa shape index (κ2) is 7.12. The van der Waals surface area contributed by atoms with E-state index in [1.54, 1.807) is 6.07 Å². The first-order chi connectivity index (χ1) is 11.4. The van der Waals surface area contributed by atoms with Crippen LogP contribution in [0, 0.1) is 0 Å². The van der Waals surface area contributed by atoms with Gasteiger partial charge in [0.1, 0.15) is 11.5 Å². The summed E-state index contributed by atoms with van der Waals surface area (Å²) in [6, 6.07) is 1.55. The molecule has 1 aromatic rings. The van der Waals surface area contributed by atoms with Gasteiger partial charge in [-0.3, -0.25) is 9.59 Å². The van der Waals surface area contributed by atoms with Crippen LogP contribution in [-0.2, 0) is 0 Å². The lowest BCUT2D eigenvalue weighted by atomic mass is 9.89. The van der Waals surface area contributed by atoms with Crippen molar-refractivity contribution >= 4 is 17.3 Å². The highest BCUT2D eigenvalue weighted by atomic mass is 16.5. The van der Waals surface area contributed by atoms with E-state index in [0.717, 1.165) is 5.57 Å². The van der Waals surface area contributed by atoms with Crippen molar-refractivity contribution in [2.75, 3.05) is 14.2 Å². The second-order valence-corrected chi connectivity index (χ2v) is 5.50. The fraction of sp³-hybridized carbons (Fsp3) is 0.278. The zero-order chi connectivity index (χ0) is 17.9. The van der Waals surface area contributed by atoms with Crippen LogP contribution in [0.5, 0.6) is 11.5 Å². The van der Waals surface area contributed by atoms with Gasteiger partial charge in [0.25, 0.3) is 0 Å². The fourth-order valence-corrected chi connectivity index (χ4v) is 2.53. The lowest BCUT2D eigenvalue weighted by Crippen LogP contribution is -2.17. The molecule has 0 amide bonds. The normalized spacial score (nSPS) is 13.6. The molecule has 0 bridgehead atoms. The predicted molar refractivity (Wildman–Crippen MR) is 89.7 cm³/mol. The van der Waals surface area contributed by atoms with E-state index in [1.165, 1.54) is 26.4 Å². The van der Waals surface area contributed by atoms with Crippen LogP contribution in [0.25, 0.3) is 0 Å². The number of benzene rings is 1. The van der Waals surface area contributed by atoms with E-state index in [9.17, 15) is 14.8 Å². The van der Waals surface area contributed by atoms with Gasteiger partial charge in [-0.1, -0.05) is 16.8 Å². The van der Waals surface area contributed by atoms with Gasteiger partial charge in [0.15, 0.2) is 11.6 Å². The molecule has 1 aliphatic carbocycles. The minimum Gasteiger partial charge on any atom is -0.496 e. The molecule has 1 N–H and O–H groups in total. The molecule has 2 rings (SSSR count). The highest BCUT2D eigenvalue weighted by molar-refractivity contribution is 6.25. The van der Waals surface area contributed by atoms with Crippen LogP contribution in [0.3, 0.4) is 0 Å². The Morgan fingerprint density at radius 2 is 1.75 bits per heavy atom. The Labute approximate surface area is 140 Å². The van der Waals surface area contributed by atoms with Crippen LogP contribution in [0.2, 0.25) is 0 Å². The molecule has 6 nitrogen and oxygen atoms in total. The molecular formula is C18H19NO5. The quantitative estimate of drug-likeness (QED) is 0.388. The first-order valence-corrected chi connectivity index (χ1v) is 7.35. The number of nitrogens with zero attached hydrogens (tertiary/aromatic N) is 1. The summed E-state index contributed by atoms with van der Waals surface area (Å²) in [5.41, 5.74) is 2.05. The number of carbonyl (C=O) groups is 2. The van der Waals surface area contributed by atoms with E-state index in [4.69, 9.17) is 9.47 Å². The molecule has 6 heteroatoms. The topological polar surface area (TPSA) is 85.2 Å². The minimum atomic E-state index is -0.360. The summed E-state index contributed by atoms with van der Waals surface area (Å²) < 4.78 is 10.7. The van der Waals surface area contributed by atoms with Gasteiger partial charge in [-0.2, -0.15) is 0 Å². The Morgan fingerprint density at radius 3 is 2.25 bits per heavy atom. The van der Waals surface area contributed by atoms with Crippen molar-refractivity contribution in [3.8, 4) is 11.5 Å². The van der Waals surface area contributed by atoms with Crippen molar-refractivity contribution in [2.24, 2.45) is 5.16 Å². The summed E-state index contributed by atoms with van der Waals surface area (Å²) in [6.07, 6.45) is 4.63. The predicted octanol–water partition coefficient (Wildman–Crippen LogP) is 3.17. The fourth-order valence-electron chi connectivity index (χ4n) is 2.53. The van der Waals surface area contributed by atoms with Crippen LogP contribution in [0.1, 0.15) is 46.5 Å². The van der Waals surface area contributed by atoms with Gasteiger partial charge in [0.05, 0.1) is 31.1 Å². The highest BCUT2D eigenvalue weighted by Gasteiger charge is 2.30. The Kier molecular flexibility index (Phi) is 5.18. The van der Waals surface area contributed by atoms with Crippen LogP contribution in [0.15, 0.2) is 35.0 Å². The molecule has 0 fully saturated rings. The molecule has 126 valence electrons. The molecule has 0 radical (unpaired) electrons. The molecule has 24 heavy (non-hydrogen) atoms. The molecular weight excluding hydrogens is 310 g/mol. The summed E-state index contributed by atoms with van der Waals surface area (Å²) in [5.74, 6) is -0.260. The number of hydrogen-bond donors (Lipinski definition) is 1. The number of carbonyl (C=O) groups excluding carboxylic acids is 2. The van der Waals surface area contributed by atoms with E-state index in [0.29, 0.717) is 17.7 Å². The molecule has 1 aliphatic rings. The van der Waals surface area contributed by atoms with Gasteiger partial charge < -0.3 is 14.7 Å². The zero-order valence-electron chi connectivity index (χ0n) is 14.0. The number of allylic oxidation sites excluding steroid dienone is 4. The summed E-state index contributed by atoms with van der Waals surface area (Å²) in [7, 11) is 2.81. The second-order valence-electron chi connectivity index (χ2n) is 5.50. The van der Waals surface area contributed by atoms with Gasteiger partial charge in [0, 0.05) is 12.0 Å². The van der Waals surface area contributed by atoms with Gasteiger partial charge in [-0.05, 0) is 32.1 Å². The monoisotopic (exact) mass is 329 g/mol. The maximum Gasteiger partial charge on any atom is 0.190 e. The number of oxime groups is 1. The van der Waals surface area contributed by atoms with Gasteiger partial charge in [-0.25, -0.2) is 0 Å². The van der Waals surface area contributed by atoms with E-state index in [1.807, 2.05) is 19.9 Å². The van der Waals surface area contributed by atoms with E-state index >= 15 is 0 Å². The zero-order valence-corrected chi connectivity index (χ0v) is 14.0. The Bertz CT molecular complexity index is 783. The number of rotatable bonds is 5. The van der Waals surface area contributed by atoms with E-state index in [2.05, 4.69) is 5.16 Å². The third-order valence-corrected chi connectivity index (χ3v) is 3.68. The van der Waals surface area contributed by atoms with Gasteiger partial charge in [-0.15, -0.1) is 0 Å². The SMILES string of the molecule is COc1cc(/C(CC=C(C)C)=N\O)c(OC)c2c1C(=O)C=CC2=O. The Hall–Kier alpha value is -2.89. The van der Waals surface area contributed by atoms with Crippen LogP contribution in [0.4, 0.5) is 0 Å². The number of ether oxygens (including phenoxy) is 2. The first-order valence-electron chi connectivity index (χ1n) is 7.35. The van der Waals surface area contributed by atoms with Crippen molar-refractivity contribution in [1.29, 1.82) is 0 Å². The van der Waals surface area contributed by atoms with Crippen molar-refractivity contribution in [3.05, 3.63) is 46.6 Å². The van der Waals surface area contributed by atoms with Crippen molar-refractivity contribution in [3.63, 3.8) is 0 Å². The standard InChI is InChI=1S/C18H19NO5/c1-10(2)5-6-12(19-22)11-9-15(23-3)16-13(20)7-8-14(21)17(16)18(11)24-4/h5,7-9,22H,6H2,1-4H3/b19-12-. The summed E-state index contributed by atoms with van der Waals surface area (Å²) in [5, 5.41) is 12.7. The average Bonchev–Trinajstić information content (AvgIpc) is 2.57. The third-order valence-electron chi connectivity index (χ3n) is 3.68. The molecule has 0 atom stereocenters. The highest BCUT2D eigenvalue weighted by Crippen LogP contribution is 2.38. The number of fused-ring (bicyclic) bond motifs is 1. The smallest absolute Gasteiger partial charge is 0.190 e. The summed E-state index contributed by atoms with van der Waals surface area (Å²) in [4.78, 5) is 24.5. The molecule has 0 spiro atoms. The molecule has 0 unspecified atom stereocenters. The van der Waals surface area contributed by atoms with Crippen molar-refractivity contribution in [2.45, 2.75) is 20.3 Å².